The second kappa shape index (κ2) is 6.20. The largest absolute Gasteiger partial charge is 0.355 e. The normalized spacial score (nSPS) is 19.4. The summed E-state index contributed by atoms with van der Waals surface area (Å²) in [6.07, 6.45) is 2.91. The van der Waals surface area contributed by atoms with Gasteiger partial charge in [0.1, 0.15) is 0 Å². The summed E-state index contributed by atoms with van der Waals surface area (Å²) in [5.74, 6) is 0.156. The van der Waals surface area contributed by atoms with Crippen LogP contribution in [-0.4, -0.2) is 25.0 Å². The number of carbonyl (C=O) groups is 1. The van der Waals surface area contributed by atoms with E-state index >= 15 is 0 Å². The second-order valence-electron chi connectivity index (χ2n) is 6.02. The van der Waals surface area contributed by atoms with E-state index in [1.54, 1.807) is 0 Å². The molecule has 2 N–H and O–H groups in total. The lowest BCUT2D eigenvalue weighted by molar-refractivity contribution is -0.121. The predicted molar refractivity (Wildman–Crippen MR) is 78.1 cm³/mol. The zero-order valence-electron chi connectivity index (χ0n) is 11.9. The molecule has 1 saturated heterocycles. The van der Waals surface area contributed by atoms with Crippen molar-refractivity contribution in [2.75, 3.05) is 13.1 Å². The van der Waals surface area contributed by atoms with Crippen molar-refractivity contribution in [1.82, 2.24) is 10.6 Å². The Morgan fingerprint density at radius 2 is 2.11 bits per heavy atom. The first-order valence-corrected chi connectivity index (χ1v) is 7.13. The third-order valence-electron chi connectivity index (χ3n) is 3.88. The molecule has 0 bridgehead atoms. The Labute approximate surface area is 115 Å². The van der Waals surface area contributed by atoms with E-state index in [1.807, 2.05) is 18.2 Å². The summed E-state index contributed by atoms with van der Waals surface area (Å²) in [5, 5.41) is 6.42. The lowest BCUT2D eigenvalue weighted by Gasteiger charge is -2.26. The average Bonchev–Trinajstić information content (AvgIpc) is 2.90. The van der Waals surface area contributed by atoms with E-state index in [9.17, 15) is 4.79 Å². The van der Waals surface area contributed by atoms with Crippen molar-refractivity contribution >= 4 is 5.91 Å². The SMILES string of the molecule is CC(C)(CNC(=O)CC1CCCN1)c1ccccc1. The van der Waals surface area contributed by atoms with Gasteiger partial charge in [0.15, 0.2) is 0 Å². The van der Waals surface area contributed by atoms with E-state index in [0.717, 1.165) is 13.0 Å². The van der Waals surface area contributed by atoms with Crippen molar-refractivity contribution in [2.24, 2.45) is 0 Å². The minimum absolute atomic E-state index is 0.0278. The van der Waals surface area contributed by atoms with Crippen LogP contribution in [0.25, 0.3) is 0 Å². The van der Waals surface area contributed by atoms with Crippen LogP contribution >= 0.6 is 0 Å². The third-order valence-corrected chi connectivity index (χ3v) is 3.88. The Morgan fingerprint density at radius 3 is 2.74 bits per heavy atom. The zero-order chi connectivity index (χ0) is 13.7. The van der Waals surface area contributed by atoms with Crippen molar-refractivity contribution in [3.05, 3.63) is 35.9 Å². The van der Waals surface area contributed by atoms with E-state index in [2.05, 4.69) is 36.6 Å². The summed E-state index contributed by atoms with van der Waals surface area (Å²) < 4.78 is 0. The number of carbonyl (C=O) groups excluding carboxylic acids is 1. The predicted octanol–water partition coefficient (Wildman–Crippen LogP) is 2.22. The second-order valence-corrected chi connectivity index (χ2v) is 6.02. The molecule has 0 aliphatic carbocycles. The highest BCUT2D eigenvalue weighted by atomic mass is 16.1. The minimum atomic E-state index is -0.0278. The lowest BCUT2D eigenvalue weighted by atomic mass is 9.84. The van der Waals surface area contributed by atoms with Crippen LogP contribution in [0, 0.1) is 0 Å². The molecule has 2 rings (SSSR count). The molecule has 1 aliphatic rings. The molecule has 3 nitrogen and oxygen atoms in total. The van der Waals surface area contributed by atoms with Gasteiger partial charge >= 0.3 is 0 Å². The standard InChI is InChI=1S/C16H24N2O/c1-16(2,13-7-4-3-5-8-13)12-18-15(19)11-14-9-6-10-17-14/h3-5,7-8,14,17H,6,9-12H2,1-2H3,(H,18,19). The van der Waals surface area contributed by atoms with Gasteiger partial charge in [-0.2, -0.15) is 0 Å². The molecule has 1 unspecified atom stereocenters. The molecular weight excluding hydrogens is 236 g/mol. The van der Waals surface area contributed by atoms with Gasteiger partial charge in [-0.1, -0.05) is 44.2 Å². The number of amides is 1. The molecule has 3 heteroatoms. The summed E-state index contributed by atoms with van der Waals surface area (Å²) in [5.41, 5.74) is 1.23. The van der Waals surface area contributed by atoms with Gasteiger partial charge in [0.25, 0.3) is 0 Å². The molecule has 19 heavy (non-hydrogen) atoms. The molecule has 1 aromatic carbocycles. The maximum Gasteiger partial charge on any atom is 0.221 e. The van der Waals surface area contributed by atoms with Crippen molar-refractivity contribution in [1.29, 1.82) is 0 Å². The highest BCUT2D eigenvalue weighted by Crippen LogP contribution is 2.21. The van der Waals surface area contributed by atoms with E-state index in [4.69, 9.17) is 0 Å². The highest BCUT2D eigenvalue weighted by molar-refractivity contribution is 5.76. The fraction of sp³-hybridized carbons (Fsp3) is 0.562. The van der Waals surface area contributed by atoms with Crippen LogP contribution in [-0.2, 0) is 10.2 Å². The highest BCUT2D eigenvalue weighted by Gasteiger charge is 2.22. The number of benzene rings is 1. The first-order chi connectivity index (χ1) is 9.08. The van der Waals surface area contributed by atoms with Gasteiger partial charge in [-0.15, -0.1) is 0 Å². The van der Waals surface area contributed by atoms with Crippen molar-refractivity contribution in [3.63, 3.8) is 0 Å². The first kappa shape index (κ1) is 14.1. The van der Waals surface area contributed by atoms with E-state index in [-0.39, 0.29) is 11.3 Å². The molecule has 1 aliphatic heterocycles. The molecule has 1 aromatic rings. The van der Waals surface area contributed by atoms with E-state index < -0.39 is 0 Å². The Kier molecular flexibility index (Phi) is 4.59. The number of hydrogen-bond donors (Lipinski definition) is 2. The van der Waals surface area contributed by atoms with Crippen LogP contribution in [0.2, 0.25) is 0 Å². The van der Waals surface area contributed by atoms with Crippen LogP contribution in [0.3, 0.4) is 0 Å². The summed E-state index contributed by atoms with van der Waals surface area (Å²) in [7, 11) is 0. The zero-order valence-corrected chi connectivity index (χ0v) is 11.9. The van der Waals surface area contributed by atoms with Crippen LogP contribution in [0.5, 0.6) is 0 Å². The third kappa shape index (κ3) is 4.06. The summed E-state index contributed by atoms with van der Waals surface area (Å²) >= 11 is 0. The molecule has 1 fully saturated rings. The number of nitrogens with one attached hydrogen (secondary N) is 2. The van der Waals surface area contributed by atoms with E-state index in [1.165, 1.54) is 12.0 Å². The molecule has 0 saturated carbocycles. The topological polar surface area (TPSA) is 41.1 Å². The van der Waals surface area contributed by atoms with Crippen molar-refractivity contribution < 1.29 is 4.79 Å². The van der Waals surface area contributed by atoms with E-state index in [0.29, 0.717) is 19.0 Å². The smallest absolute Gasteiger partial charge is 0.221 e. The fourth-order valence-electron chi connectivity index (χ4n) is 2.54. The van der Waals surface area contributed by atoms with Crippen LogP contribution < -0.4 is 10.6 Å². The van der Waals surface area contributed by atoms with Gasteiger partial charge in [0.05, 0.1) is 0 Å². The monoisotopic (exact) mass is 260 g/mol. The van der Waals surface area contributed by atoms with Crippen LogP contribution in [0.4, 0.5) is 0 Å². The molecular formula is C16H24N2O. The Morgan fingerprint density at radius 1 is 1.37 bits per heavy atom. The first-order valence-electron chi connectivity index (χ1n) is 7.13. The maximum absolute atomic E-state index is 11.9. The van der Waals surface area contributed by atoms with Crippen molar-refractivity contribution in [2.45, 2.75) is 44.6 Å². The maximum atomic E-state index is 11.9. The Bertz CT molecular complexity index is 408. The fourth-order valence-corrected chi connectivity index (χ4v) is 2.54. The van der Waals surface area contributed by atoms with Gasteiger partial charge in [0, 0.05) is 24.4 Å². The number of hydrogen-bond acceptors (Lipinski definition) is 2. The quantitative estimate of drug-likeness (QED) is 0.852. The van der Waals surface area contributed by atoms with Crippen molar-refractivity contribution in [3.8, 4) is 0 Å². The Balaban J connectivity index is 1.82. The molecule has 1 heterocycles. The van der Waals surface area contributed by atoms with Gasteiger partial charge in [-0.05, 0) is 24.9 Å². The molecule has 0 radical (unpaired) electrons. The average molecular weight is 260 g/mol. The van der Waals surface area contributed by atoms with Crippen LogP contribution in [0.15, 0.2) is 30.3 Å². The van der Waals surface area contributed by atoms with Gasteiger partial charge in [-0.3, -0.25) is 4.79 Å². The molecule has 104 valence electrons. The molecule has 1 atom stereocenters. The molecule has 0 spiro atoms. The number of rotatable bonds is 5. The van der Waals surface area contributed by atoms with Gasteiger partial charge < -0.3 is 10.6 Å². The van der Waals surface area contributed by atoms with Crippen LogP contribution in [0.1, 0.15) is 38.7 Å². The minimum Gasteiger partial charge on any atom is -0.355 e. The van der Waals surface area contributed by atoms with Gasteiger partial charge in [0.2, 0.25) is 5.91 Å². The Hall–Kier alpha value is -1.35. The lowest BCUT2D eigenvalue weighted by Crippen LogP contribution is -2.39. The summed E-state index contributed by atoms with van der Waals surface area (Å²) in [4.78, 5) is 11.9. The van der Waals surface area contributed by atoms with Gasteiger partial charge in [-0.25, -0.2) is 0 Å². The summed E-state index contributed by atoms with van der Waals surface area (Å²) in [6.45, 7) is 6.06. The molecule has 0 aromatic heterocycles. The summed E-state index contributed by atoms with van der Waals surface area (Å²) in [6, 6.07) is 10.7. The molecule has 1 amide bonds.